The van der Waals surface area contributed by atoms with Gasteiger partial charge in [0.05, 0.1) is 0 Å². The van der Waals surface area contributed by atoms with Gasteiger partial charge in [-0.25, -0.2) is 0 Å². The molecule has 0 radical (unpaired) electrons. The molecule has 0 N–H and O–H groups in total. The highest BCUT2D eigenvalue weighted by atomic mass is 14.4. The van der Waals surface area contributed by atoms with Crippen molar-refractivity contribution in [2.24, 2.45) is 0 Å². The van der Waals surface area contributed by atoms with E-state index < -0.39 is 0 Å². The zero-order chi connectivity index (χ0) is 50.5. The van der Waals surface area contributed by atoms with Crippen LogP contribution in [0.5, 0.6) is 0 Å². The van der Waals surface area contributed by atoms with Crippen LogP contribution in [-0.2, 0) is 0 Å². The summed E-state index contributed by atoms with van der Waals surface area (Å²) in [5, 5.41) is 7.54. The van der Waals surface area contributed by atoms with Gasteiger partial charge in [-0.3, -0.25) is 0 Å². The normalized spacial score (nSPS) is 12.3. The lowest BCUT2D eigenvalue weighted by molar-refractivity contribution is 1.50. The van der Waals surface area contributed by atoms with E-state index in [1.165, 1.54) is 132 Å². The molecule has 0 aromatic heterocycles. The fraction of sp³-hybridized carbons (Fsp3) is 0.0541. The van der Waals surface area contributed by atoms with Gasteiger partial charge < -0.3 is 0 Å². The van der Waals surface area contributed by atoms with E-state index >= 15 is 0 Å². The molecule has 11 aromatic carbocycles. The summed E-state index contributed by atoms with van der Waals surface area (Å²) in [5.41, 5.74) is 27.0. The summed E-state index contributed by atoms with van der Waals surface area (Å²) in [6, 6.07) is 77.0. The number of allylic oxidation sites excluding steroid dienone is 8. The summed E-state index contributed by atoms with van der Waals surface area (Å²) in [6.07, 6.45) is 12.5. The molecule has 0 aliphatic heterocycles. The number of rotatable bonds is 10. The standard InChI is InChI=1S/C72H50.C2H6/c1-5-23-45(7-3)61-43-63-64(44-62(61)46(8-4)24-6-2)66(50-31-19-12-20-32-50)72-60-42-40-54(56-34-22-36-58(68(56)60)71(72)65(63)49-29-17-11-18-30-49)53-39-41-59-67-55(53)33-21-35-57(67)69-51(47-25-13-9-14-26-47)37-38-52(70(59)69)48-27-15-10-16-28-48;1-2/h5-44H,2,4H2,1,3H3;1-2H3/b23-5-,45-7+,46-24+;. The van der Waals surface area contributed by atoms with E-state index in [2.05, 4.69) is 258 Å². The highest BCUT2D eigenvalue weighted by molar-refractivity contribution is 6.31. The summed E-state index contributed by atoms with van der Waals surface area (Å²) >= 11 is 0. The van der Waals surface area contributed by atoms with Crippen molar-refractivity contribution in [3.05, 3.63) is 267 Å². The van der Waals surface area contributed by atoms with Gasteiger partial charge in [0.1, 0.15) is 0 Å². The summed E-state index contributed by atoms with van der Waals surface area (Å²) in [4.78, 5) is 0. The molecule has 0 heteroatoms. The minimum Gasteiger partial charge on any atom is -0.0990 e. The second kappa shape index (κ2) is 19.1. The zero-order valence-electron chi connectivity index (χ0n) is 42.5. The quantitative estimate of drug-likeness (QED) is 0.120. The second-order valence-electron chi connectivity index (χ2n) is 18.9. The van der Waals surface area contributed by atoms with Crippen molar-refractivity contribution in [1.29, 1.82) is 0 Å². The lowest BCUT2D eigenvalue weighted by Crippen LogP contribution is -1.98. The molecule has 0 fully saturated rings. The van der Waals surface area contributed by atoms with Crippen molar-refractivity contribution in [1.82, 2.24) is 0 Å². The Labute approximate surface area is 436 Å². The first-order valence-electron chi connectivity index (χ1n) is 26.1. The molecule has 74 heavy (non-hydrogen) atoms. The predicted molar refractivity (Wildman–Crippen MR) is 323 cm³/mol. The Bertz CT molecular complexity index is 4070. The third kappa shape index (κ3) is 7.13. The molecule has 2 aliphatic rings. The monoisotopic (exact) mass is 944 g/mol. The van der Waals surface area contributed by atoms with E-state index in [4.69, 9.17) is 0 Å². The van der Waals surface area contributed by atoms with E-state index in [1.54, 1.807) is 0 Å². The third-order valence-corrected chi connectivity index (χ3v) is 15.2. The molecule has 352 valence electrons. The van der Waals surface area contributed by atoms with Crippen molar-refractivity contribution in [2.75, 3.05) is 0 Å². The van der Waals surface area contributed by atoms with Gasteiger partial charge in [-0.15, -0.1) is 0 Å². The van der Waals surface area contributed by atoms with E-state index in [0.717, 1.165) is 22.3 Å². The minimum atomic E-state index is 1.03. The highest BCUT2D eigenvalue weighted by Crippen LogP contribution is 2.61. The van der Waals surface area contributed by atoms with Crippen molar-refractivity contribution in [3.63, 3.8) is 0 Å². The Morgan fingerprint density at radius 3 is 1.14 bits per heavy atom. The van der Waals surface area contributed by atoms with Crippen LogP contribution in [-0.4, -0.2) is 0 Å². The molecule has 0 nitrogen and oxygen atoms in total. The number of hydrogen-bond donors (Lipinski definition) is 0. The Kier molecular flexibility index (Phi) is 11.9. The lowest BCUT2D eigenvalue weighted by Gasteiger charge is -2.23. The molecule has 0 heterocycles. The van der Waals surface area contributed by atoms with Crippen LogP contribution in [0.15, 0.2) is 256 Å². The fourth-order valence-electron chi connectivity index (χ4n) is 12.3. The Morgan fingerprint density at radius 2 is 0.716 bits per heavy atom. The van der Waals surface area contributed by atoms with Crippen molar-refractivity contribution in [2.45, 2.75) is 27.7 Å². The molecular formula is C74H56. The molecule has 0 saturated heterocycles. The van der Waals surface area contributed by atoms with E-state index in [1.807, 2.05) is 26.0 Å². The van der Waals surface area contributed by atoms with Crippen molar-refractivity contribution >= 4 is 43.5 Å². The average molecular weight is 945 g/mol. The van der Waals surface area contributed by atoms with Gasteiger partial charge in [-0.05, 0) is 181 Å². The first-order chi connectivity index (χ1) is 36.6. The number of hydrogen-bond acceptors (Lipinski definition) is 0. The zero-order valence-corrected chi connectivity index (χ0v) is 42.5. The van der Waals surface area contributed by atoms with Gasteiger partial charge in [-0.2, -0.15) is 0 Å². The SMILES string of the molecule is C=C/C=C(\C=C)c1cc2c(-c3ccccc3)c3c(c(-c4ccccc4)c2cc1C(/C=C\C)=C/C)-c1cccc2c(-c4ccc5c6c(cccc46)-c4c(-c6ccccc6)ccc(-c6ccccc6)c4-5)ccc-3c12.CC. The molecule has 0 atom stereocenters. The molecule has 0 saturated carbocycles. The van der Waals surface area contributed by atoms with E-state index in [0.29, 0.717) is 0 Å². The smallest absolute Gasteiger partial charge is 0.000740 e. The first kappa shape index (κ1) is 46.0. The van der Waals surface area contributed by atoms with Gasteiger partial charge in [0.15, 0.2) is 0 Å². The van der Waals surface area contributed by atoms with Crippen LogP contribution in [0, 0.1) is 0 Å². The Morgan fingerprint density at radius 1 is 0.338 bits per heavy atom. The Hall–Kier alpha value is -9.10. The van der Waals surface area contributed by atoms with E-state index in [9.17, 15) is 0 Å². The second-order valence-corrected chi connectivity index (χ2v) is 18.9. The molecule has 2 aliphatic carbocycles. The van der Waals surface area contributed by atoms with Crippen LogP contribution in [0.3, 0.4) is 0 Å². The average Bonchev–Trinajstić information content (AvgIpc) is 4.04. The van der Waals surface area contributed by atoms with Crippen LogP contribution in [0.1, 0.15) is 38.8 Å². The van der Waals surface area contributed by atoms with Gasteiger partial charge in [0, 0.05) is 0 Å². The van der Waals surface area contributed by atoms with Gasteiger partial charge >= 0.3 is 0 Å². The molecule has 0 bridgehead atoms. The fourth-order valence-corrected chi connectivity index (χ4v) is 12.3. The molecular weight excluding hydrogens is 889 g/mol. The molecule has 0 amide bonds. The summed E-state index contributed by atoms with van der Waals surface area (Å²) < 4.78 is 0. The lowest BCUT2D eigenvalue weighted by atomic mass is 9.80. The minimum absolute atomic E-state index is 1.03. The Balaban J connectivity index is 0.00000275. The molecule has 0 unspecified atom stereocenters. The molecule has 11 aromatic rings. The maximum Gasteiger partial charge on any atom is -0.000740 e. The van der Waals surface area contributed by atoms with Gasteiger partial charge in [-0.1, -0.05) is 258 Å². The number of benzene rings is 11. The maximum absolute atomic E-state index is 4.32. The van der Waals surface area contributed by atoms with Crippen LogP contribution < -0.4 is 0 Å². The van der Waals surface area contributed by atoms with Gasteiger partial charge in [0.25, 0.3) is 0 Å². The largest absolute Gasteiger partial charge is 0.0990 e. The molecule has 13 rings (SSSR count). The third-order valence-electron chi connectivity index (χ3n) is 15.2. The first-order valence-corrected chi connectivity index (χ1v) is 26.1. The molecule has 0 spiro atoms. The van der Waals surface area contributed by atoms with E-state index in [-0.39, 0.29) is 0 Å². The van der Waals surface area contributed by atoms with Crippen LogP contribution >= 0.6 is 0 Å². The summed E-state index contributed by atoms with van der Waals surface area (Å²) in [7, 11) is 0. The van der Waals surface area contributed by atoms with Crippen LogP contribution in [0.2, 0.25) is 0 Å². The van der Waals surface area contributed by atoms with Crippen molar-refractivity contribution in [3.8, 4) is 100 Å². The maximum atomic E-state index is 4.32. The number of fused-ring (bicyclic) bond motifs is 7. The van der Waals surface area contributed by atoms with Gasteiger partial charge in [0.2, 0.25) is 0 Å². The van der Waals surface area contributed by atoms with Crippen LogP contribution in [0.4, 0.5) is 0 Å². The summed E-state index contributed by atoms with van der Waals surface area (Å²) in [5.74, 6) is 0. The predicted octanol–water partition coefficient (Wildman–Crippen LogP) is 21.5. The topological polar surface area (TPSA) is 0 Å². The summed E-state index contributed by atoms with van der Waals surface area (Å²) in [6.45, 7) is 16.7. The van der Waals surface area contributed by atoms with Crippen molar-refractivity contribution < 1.29 is 0 Å². The highest BCUT2D eigenvalue weighted by Gasteiger charge is 2.33. The van der Waals surface area contributed by atoms with Crippen LogP contribution in [0.25, 0.3) is 144 Å².